The molecule has 0 saturated heterocycles. The Balaban J connectivity index is 1.35. The molecule has 0 radical (unpaired) electrons. The lowest BCUT2D eigenvalue weighted by atomic mass is 10.0. The molecule has 0 fully saturated rings. The van der Waals surface area contributed by atoms with Gasteiger partial charge in [0.2, 0.25) is 5.16 Å². The van der Waals surface area contributed by atoms with E-state index in [4.69, 9.17) is 5.84 Å². The third-order valence-electron chi connectivity index (χ3n) is 4.73. The lowest BCUT2D eigenvalue weighted by Gasteiger charge is -2.06. The maximum atomic E-state index is 6.28. The number of benzene rings is 2. The zero-order valence-electron chi connectivity index (χ0n) is 15.1. The maximum absolute atomic E-state index is 6.28. The van der Waals surface area contributed by atoms with Gasteiger partial charge in [0.1, 0.15) is 5.65 Å². The molecule has 3 heterocycles. The molecule has 0 spiro atoms. The maximum Gasteiger partial charge on any atom is 0.210 e. The van der Waals surface area contributed by atoms with Gasteiger partial charge in [-0.05, 0) is 28.5 Å². The molecule has 0 atom stereocenters. The smallest absolute Gasteiger partial charge is 0.210 e. The number of rotatable bonds is 5. The molecule has 0 amide bonds. The van der Waals surface area contributed by atoms with E-state index in [1.165, 1.54) is 28.1 Å². The van der Waals surface area contributed by atoms with Crippen LogP contribution in [0, 0.1) is 0 Å². The number of thioether (sulfide) groups is 1. The number of fused-ring (bicyclic) bond motifs is 2. The molecule has 138 valence electrons. The van der Waals surface area contributed by atoms with Crippen molar-refractivity contribution < 1.29 is 0 Å². The molecular formula is C21H18N6S. The molecule has 0 aliphatic carbocycles. The SMILES string of the molecule is Nn1c(Cc2cccc3ccccc23)nnc1SCc1cn2ccccc2n1. The van der Waals surface area contributed by atoms with E-state index in [0.717, 1.165) is 17.2 Å². The molecule has 6 nitrogen and oxygen atoms in total. The van der Waals surface area contributed by atoms with Crippen LogP contribution in [-0.2, 0) is 12.2 Å². The van der Waals surface area contributed by atoms with Crippen molar-refractivity contribution in [2.24, 2.45) is 0 Å². The third kappa shape index (κ3) is 3.10. The summed E-state index contributed by atoms with van der Waals surface area (Å²) in [7, 11) is 0. The first-order chi connectivity index (χ1) is 13.8. The standard InChI is InChI=1S/C21H18N6S/c22-27-20(12-16-8-5-7-15-6-1-2-9-18(15)16)24-25-21(27)28-14-17-13-26-11-4-3-10-19(26)23-17/h1-11,13H,12,14,22H2. The minimum absolute atomic E-state index is 0.639. The Bertz CT molecular complexity index is 1230. The molecule has 0 aliphatic heterocycles. The van der Waals surface area contributed by atoms with Crippen molar-refractivity contribution in [3.05, 3.63) is 90.1 Å². The summed E-state index contributed by atoms with van der Waals surface area (Å²) in [5, 5.41) is 11.7. The Morgan fingerprint density at radius 2 is 1.79 bits per heavy atom. The van der Waals surface area contributed by atoms with E-state index in [1.807, 2.05) is 41.1 Å². The molecule has 0 bridgehead atoms. The Kier molecular flexibility index (Phi) is 4.21. The highest BCUT2D eigenvalue weighted by Crippen LogP contribution is 2.23. The molecular weight excluding hydrogens is 368 g/mol. The van der Waals surface area contributed by atoms with E-state index < -0.39 is 0 Å². The zero-order chi connectivity index (χ0) is 18.9. The number of aromatic nitrogens is 5. The van der Waals surface area contributed by atoms with Gasteiger partial charge in [-0.3, -0.25) is 0 Å². The van der Waals surface area contributed by atoms with Gasteiger partial charge in [-0.1, -0.05) is 60.3 Å². The quantitative estimate of drug-likeness (QED) is 0.368. The van der Waals surface area contributed by atoms with Crippen LogP contribution in [0.25, 0.3) is 16.4 Å². The summed E-state index contributed by atoms with van der Waals surface area (Å²) in [6.45, 7) is 0. The molecule has 5 rings (SSSR count). The third-order valence-corrected chi connectivity index (χ3v) is 5.70. The lowest BCUT2D eigenvalue weighted by Crippen LogP contribution is -2.14. The number of imidazole rings is 1. The van der Waals surface area contributed by atoms with Crippen molar-refractivity contribution >= 4 is 28.2 Å². The Morgan fingerprint density at radius 3 is 2.71 bits per heavy atom. The fourth-order valence-corrected chi connectivity index (χ4v) is 4.10. The van der Waals surface area contributed by atoms with Crippen LogP contribution < -0.4 is 5.84 Å². The van der Waals surface area contributed by atoms with E-state index in [1.54, 1.807) is 4.68 Å². The average Bonchev–Trinajstić information content (AvgIpc) is 3.30. The fourth-order valence-electron chi connectivity index (χ4n) is 3.34. The molecule has 28 heavy (non-hydrogen) atoms. The van der Waals surface area contributed by atoms with Gasteiger partial charge in [0, 0.05) is 24.6 Å². The molecule has 0 aliphatic rings. The number of nitrogens with two attached hydrogens (primary N) is 1. The number of nitrogens with zero attached hydrogens (tertiary/aromatic N) is 5. The zero-order valence-corrected chi connectivity index (χ0v) is 15.9. The number of hydrogen-bond donors (Lipinski definition) is 1. The second-order valence-corrected chi connectivity index (χ2v) is 7.51. The van der Waals surface area contributed by atoms with Gasteiger partial charge in [-0.2, -0.15) is 0 Å². The highest BCUT2D eigenvalue weighted by Gasteiger charge is 2.13. The monoisotopic (exact) mass is 386 g/mol. The van der Waals surface area contributed by atoms with E-state index in [-0.39, 0.29) is 0 Å². The van der Waals surface area contributed by atoms with Gasteiger partial charge in [0.05, 0.1) is 5.69 Å². The average molecular weight is 386 g/mol. The van der Waals surface area contributed by atoms with E-state index in [0.29, 0.717) is 17.3 Å². The Morgan fingerprint density at radius 1 is 0.929 bits per heavy atom. The van der Waals surface area contributed by atoms with Crippen molar-refractivity contribution in [1.29, 1.82) is 0 Å². The van der Waals surface area contributed by atoms with Crippen LogP contribution in [0.1, 0.15) is 17.1 Å². The molecule has 0 saturated carbocycles. The normalized spacial score (nSPS) is 11.4. The lowest BCUT2D eigenvalue weighted by molar-refractivity contribution is 0.806. The van der Waals surface area contributed by atoms with E-state index in [9.17, 15) is 0 Å². The van der Waals surface area contributed by atoms with Crippen LogP contribution in [0.3, 0.4) is 0 Å². The van der Waals surface area contributed by atoms with Gasteiger partial charge < -0.3 is 10.2 Å². The fraction of sp³-hybridized carbons (Fsp3) is 0.0952. The van der Waals surface area contributed by atoms with Crippen LogP contribution in [0.5, 0.6) is 0 Å². The van der Waals surface area contributed by atoms with Crippen molar-refractivity contribution in [3.8, 4) is 0 Å². The first-order valence-electron chi connectivity index (χ1n) is 8.99. The number of nitrogen functional groups attached to an aromatic ring is 1. The second kappa shape index (κ2) is 7.01. The second-order valence-electron chi connectivity index (χ2n) is 6.57. The highest BCUT2D eigenvalue weighted by molar-refractivity contribution is 7.98. The van der Waals surface area contributed by atoms with Crippen LogP contribution in [0.2, 0.25) is 0 Å². The van der Waals surface area contributed by atoms with Gasteiger partial charge in [0.15, 0.2) is 5.82 Å². The van der Waals surface area contributed by atoms with Gasteiger partial charge >= 0.3 is 0 Å². The van der Waals surface area contributed by atoms with Gasteiger partial charge in [-0.15, -0.1) is 10.2 Å². The summed E-state index contributed by atoms with van der Waals surface area (Å²) in [5.74, 6) is 7.71. The molecule has 0 unspecified atom stereocenters. The summed E-state index contributed by atoms with van der Waals surface area (Å²) in [6.07, 6.45) is 4.65. The topological polar surface area (TPSA) is 74.0 Å². The Hall–Kier alpha value is -3.32. The first kappa shape index (κ1) is 16.8. The Labute approximate surface area is 166 Å². The van der Waals surface area contributed by atoms with E-state index >= 15 is 0 Å². The highest BCUT2D eigenvalue weighted by atomic mass is 32.2. The first-order valence-corrected chi connectivity index (χ1v) is 9.98. The summed E-state index contributed by atoms with van der Waals surface area (Å²) in [5.41, 5.74) is 3.10. The summed E-state index contributed by atoms with van der Waals surface area (Å²) in [4.78, 5) is 4.61. The summed E-state index contributed by atoms with van der Waals surface area (Å²) < 4.78 is 3.59. The molecule has 3 aromatic heterocycles. The van der Waals surface area contributed by atoms with Crippen molar-refractivity contribution in [2.75, 3.05) is 5.84 Å². The molecule has 5 aromatic rings. The molecule has 2 N–H and O–H groups in total. The largest absolute Gasteiger partial charge is 0.336 e. The minimum Gasteiger partial charge on any atom is -0.336 e. The van der Waals surface area contributed by atoms with Crippen LogP contribution in [-0.4, -0.2) is 24.3 Å². The number of hydrogen-bond acceptors (Lipinski definition) is 5. The van der Waals surface area contributed by atoms with Crippen molar-refractivity contribution in [3.63, 3.8) is 0 Å². The van der Waals surface area contributed by atoms with Crippen LogP contribution in [0.15, 0.2) is 78.2 Å². The van der Waals surface area contributed by atoms with Crippen LogP contribution >= 0.6 is 11.8 Å². The number of pyridine rings is 1. The van der Waals surface area contributed by atoms with Gasteiger partial charge in [-0.25, -0.2) is 9.66 Å². The summed E-state index contributed by atoms with van der Waals surface area (Å²) in [6, 6.07) is 20.6. The van der Waals surface area contributed by atoms with Gasteiger partial charge in [0.25, 0.3) is 0 Å². The van der Waals surface area contributed by atoms with Crippen molar-refractivity contribution in [2.45, 2.75) is 17.3 Å². The summed E-state index contributed by atoms with van der Waals surface area (Å²) >= 11 is 1.54. The molecule has 7 heteroatoms. The predicted octanol–water partition coefficient (Wildman–Crippen LogP) is 3.68. The minimum atomic E-state index is 0.639. The van der Waals surface area contributed by atoms with Crippen molar-refractivity contribution in [1.82, 2.24) is 24.3 Å². The predicted molar refractivity (Wildman–Crippen MR) is 112 cm³/mol. The van der Waals surface area contributed by atoms with E-state index in [2.05, 4.69) is 51.6 Å². The molecule has 2 aromatic carbocycles. The van der Waals surface area contributed by atoms with Crippen LogP contribution in [0.4, 0.5) is 0 Å².